The number of amides is 2. The second-order valence-electron chi connectivity index (χ2n) is 6.77. The van der Waals surface area contributed by atoms with Gasteiger partial charge in [-0.1, -0.05) is 28.1 Å². The molecule has 8 heteroatoms. The summed E-state index contributed by atoms with van der Waals surface area (Å²) < 4.78 is 27.8. The molecule has 5 nitrogen and oxygen atoms in total. The Morgan fingerprint density at radius 1 is 1.21 bits per heavy atom. The van der Waals surface area contributed by atoms with Crippen LogP contribution in [0.4, 0.5) is 20.2 Å². The van der Waals surface area contributed by atoms with Crippen LogP contribution in [-0.4, -0.2) is 17.5 Å². The van der Waals surface area contributed by atoms with Gasteiger partial charge in [0.05, 0.1) is 11.4 Å². The average molecular weight is 450 g/mol. The Morgan fingerprint density at radius 3 is 2.57 bits per heavy atom. The molecule has 1 aliphatic heterocycles. The van der Waals surface area contributed by atoms with E-state index in [0.717, 1.165) is 17.0 Å². The average Bonchev–Trinajstić information content (AvgIpc) is 2.88. The lowest BCUT2D eigenvalue weighted by atomic mass is 10.0. The quantitative estimate of drug-likeness (QED) is 0.678. The van der Waals surface area contributed by atoms with Crippen molar-refractivity contribution < 1.29 is 18.4 Å². The Balaban J connectivity index is 1.82. The van der Waals surface area contributed by atoms with Crippen LogP contribution in [0.15, 0.2) is 52.0 Å². The maximum Gasteiger partial charge on any atom is 0.270 e. The Hall–Kier alpha value is -2.61. The van der Waals surface area contributed by atoms with Gasteiger partial charge in [-0.15, -0.1) is 0 Å². The Labute approximate surface area is 169 Å². The smallest absolute Gasteiger partial charge is 0.270 e. The number of hydrogen-bond acceptors (Lipinski definition) is 3. The summed E-state index contributed by atoms with van der Waals surface area (Å²) in [4.78, 5) is 25.5. The van der Waals surface area contributed by atoms with E-state index in [1.165, 1.54) is 29.3 Å². The van der Waals surface area contributed by atoms with Gasteiger partial charge in [-0.2, -0.15) is 10.1 Å². The van der Waals surface area contributed by atoms with Crippen molar-refractivity contribution in [3.05, 3.63) is 58.1 Å². The number of hydrazone groups is 1. The van der Waals surface area contributed by atoms with Gasteiger partial charge >= 0.3 is 0 Å². The Bertz CT molecular complexity index is 965. The van der Waals surface area contributed by atoms with Crippen molar-refractivity contribution in [1.29, 1.82) is 0 Å². The molecule has 2 aromatic carbocycles. The standard InChI is InChI=1S/C20H18BrF2N3O2/c1-11-7-14(21)10-16(8-11)26-19(28)17(12(2)25-26)18(27)24-15-6-4-5-13(9-15)20(3,22)23/h4-10,17H,1-3H3,(H,24,27). The van der Waals surface area contributed by atoms with Crippen LogP contribution in [0.25, 0.3) is 0 Å². The van der Waals surface area contributed by atoms with E-state index >= 15 is 0 Å². The number of rotatable bonds is 4. The molecule has 0 aromatic heterocycles. The Morgan fingerprint density at radius 2 is 1.93 bits per heavy atom. The predicted molar refractivity (Wildman–Crippen MR) is 108 cm³/mol. The van der Waals surface area contributed by atoms with E-state index in [2.05, 4.69) is 26.3 Å². The number of halogens is 3. The molecule has 0 aliphatic carbocycles. The second kappa shape index (κ2) is 7.43. The number of aryl methyl sites for hydroxylation is 1. The maximum absolute atomic E-state index is 13.5. The van der Waals surface area contributed by atoms with Crippen LogP contribution in [-0.2, 0) is 15.5 Å². The fraction of sp³-hybridized carbons (Fsp3) is 0.250. The summed E-state index contributed by atoms with van der Waals surface area (Å²) in [5.74, 6) is -5.26. The topological polar surface area (TPSA) is 61.8 Å². The minimum absolute atomic E-state index is 0.196. The zero-order valence-corrected chi connectivity index (χ0v) is 17.0. The van der Waals surface area contributed by atoms with Gasteiger partial charge in [0.1, 0.15) is 0 Å². The van der Waals surface area contributed by atoms with Crippen LogP contribution in [0.2, 0.25) is 0 Å². The summed E-state index contributed by atoms with van der Waals surface area (Å²) in [6, 6.07) is 10.8. The summed E-state index contributed by atoms with van der Waals surface area (Å²) in [6.45, 7) is 4.25. The highest BCUT2D eigenvalue weighted by molar-refractivity contribution is 9.10. The fourth-order valence-corrected chi connectivity index (χ4v) is 3.57. The van der Waals surface area contributed by atoms with Crippen molar-refractivity contribution in [3.8, 4) is 0 Å². The first kappa shape index (κ1) is 20.1. The SMILES string of the molecule is CC1=NN(c2cc(C)cc(Br)c2)C(=O)C1C(=O)Nc1cccc(C(C)(F)F)c1. The van der Waals surface area contributed by atoms with Crippen LogP contribution < -0.4 is 10.3 Å². The molecular formula is C20H18BrF2N3O2. The van der Waals surface area contributed by atoms with Gasteiger partial charge in [0, 0.05) is 22.6 Å². The highest BCUT2D eigenvalue weighted by atomic mass is 79.9. The molecule has 1 atom stereocenters. The zero-order chi connectivity index (χ0) is 20.6. The molecule has 0 radical (unpaired) electrons. The molecule has 1 N–H and O–H groups in total. The van der Waals surface area contributed by atoms with Gasteiger partial charge in [0.25, 0.3) is 11.8 Å². The van der Waals surface area contributed by atoms with Crippen molar-refractivity contribution in [2.45, 2.75) is 26.7 Å². The van der Waals surface area contributed by atoms with E-state index in [0.29, 0.717) is 11.4 Å². The molecular weight excluding hydrogens is 432 g/mol. The molecule has 1 aliphatic rings. The van der Waals surface area contributed by atoms with E-state index in [9.17, 15) is 18.4 Å². The predicted octanol–water partition coefficient (Wildman–Crippen LogP) is 4.85. The Kier molecular flexibility index (Phi) is 5.34. The lowest BCUT2D eigenvalue weighted by Crippen LogP contribution is -2.36. The van der Waals surface area contributed by atoms with Crippen molar-refractivity contribution >= 4 is 44.8 Å². The normalized spacial score (nSPS) is 16.9. The fourth-order valence-electron chi connectivity index (χ4n) is 2.98. The minimum atomic E-state index is -3.03. The molecule has 28 heavy (non-hydrogen) atoms. The van der Waals surface area contributed by atoms with Crippen molar-refractivity contribution in [2.75, 3.05) is 10.3 Å². The van der Waals surface area contributed by atoms with E-state index in [4.69, 9.17) is 0 Å². The minimum Gasteiger partial charge on any atom is -0.325 e. The summed E-state index contributed by atoms with van der Waals surface area (Å²) in [7, 11) is 0. The number of hydrogen-bond donors (Lipinski definition) is 1. The van der Waals surface area contributed by atoms with Crippen LogP contribution in [0.5, 0.6) is 0 Å². The van der Waals surface area contributed by atoms with Gasteiger partial charge in [-0.25, -0.2) is 8.78 Å². The van der Waals surface area contributed by atoms with Gasteiger partial charge < -0.3 is 5.32 Å². The molecule has 146 valence electrons. The third-order valence-corrected chi connectivity index (χ3v) is 4.76. The summed E-state index contributed by atoms with van der Waals surface area (Å²) in [6.07, 6.45) is 0. The van der Waals surface area contributed by atoms with Gasteiger partial charge in [0.2, 0.25) is 5.91 Å². The largest absolute Gasteiger partial charge is 0.325 e. The number of nitrogens with zero attached hydrogens (tertiary/aromatic N) is 2. The van der Waals surface area contributed by atoms with Gasteiger partial charge in [0.15, 0.2) is 5.92 Å². The number of alkyl halides is 2. The number of anilines is 2. The summed E-state index contributed by atoms with van der Waals surface area (Å²) in [5.41, 5.74) is 1.77. The lowest BCUT2D eigenvalue weighted by Gasteiger charge is -2.16. The molecule has 1 heterocycles. The van der Waals surface area contributed by atoms with E-state index < -0.39 is 23.7 Å². The van der Waals surface area contributed by atoms with E-state index in [-0.39, 0.29) is 11.3 Å². The molecule has 0 saturated carbocycles. The van der Waals surface area contributed by atoms with Crippen LogP contribution in [0.1, 0.15) is 25.0 Å². The van der Waals surface area contributed by atoms with Crippen molar-refractivity contribution in [2.24, 2.45) is 11.0 Å². The first-order chi connectivity index (χ1) is 13.1. The molecule has 1 unspecified atom stereocenters. The van der Waals surface area contributed by atoms with Gasteiger partial charge in [-0.3, -0.25) is 9.59 Å². The molecule has 0 fully saturated rings. The summed E-state index contributed by atoms with van der Waals surface area (Å²) >= 11 is 3.38. The van der Waals surface area contributed by atoms with Crippen LogP contribution in [0, 0.1) is 12.8 Å². The zero-order valence-electron chi connectivity index (χ0n) is 15.5. The van der Waals surface area contributed by atoms with Gasteiger partial charge in [-0.05, 0) is 49.7 Å². The van der Waals surface area contributed by atoms with E-state index in [1.54, 1.807) is 19.1 Å². The first-order valence-electron chi connectivity index (χ1n) is 8.52. The number of carbonyl (C=O) groups is 2. The van der Waals surface area contributed by atoms with Crippen LogP contribution >= 0.6 is 15.9 Å². The highest BCUT2D eigenvalue weighted by Crippen LogP contribution is 2.30. The summed E-state index contributed by atoms with van der Waals surface area (Å²) in [5, 5.41) is 7.95. The molecule has 0 spiro atoms. The van der Waals surface area contributed by atoms with Crippen molar-refractivity contribution in [3.63, 3.8) is 0 Å². The molecule has 3 rings (SSSR count). The first-order valence-corrected chi connectivity index (χ1v) is 9.31. The highest BCUT2D eigenvalue weighted by Gasteiger charge is 2.40. The number of carbonyl (C=O) groups excluding carboxylic acids is 2. The van der Waals surface area contributed by atoms with Crippen LogP contribution in [0.3, 0.4) is 0 Å². The number of benzene rings is 2. The van der Waals surface area contributed by atoms with Crippen molar-refractivity contribution in [1.82, 2.24) is 0 Å². The molecule has 2 aromatic rings. The molecule has 2 amide bonds. The molecule has 0 saturated heterocycles. The second-order valence-corrected chi connectivity index (χ2v) is 7.69. The monoisotopic (exact) mass is 449 g/mol. The number of nitrogens with one attached hydrogen (secondary N) is 1. The lowest BCUT2D eigenvalue weighted by molar-refractivity contribution is -0.127. The van der Waals surface area contributed by atoms with E-state index in [1.807, 2.05) is 13.0 Å². The third kappa shape index (κ3) is 4.11. The molecule has 0 bridgehead atoms. The maximum atomic E-state index is 13.5. The third-order valence-electron chi connectivity index (χ3n) is 4.30.